The molecule has 5 nitrogen and oxygen atoms in total. The largest absolute Gasteiger partial charge is 0.465 e. The fraction of sp³-hybridized carbons (Fsp3) is 0.200. The van der Waals surface area contributed by atoms with E-state index in [2.05, 4.69) is 23.7 Å². The number of amides is 1. The maximum atomic E-state index is 12.4. The molecular weight excluding hydrogens is 436 g/mol. The van der Waals surface area contributed by atoms with E-state index in [1.165, 1.54) is 12.7 Å². The summed E-state index contributed by atoms with van der Waals surface area (Å²) in [7, 11) is 1.38. The molecule has 0 aliphatic heterocycles. The molecule has 5 heteroatoms. The molecule has 1 aromatic heterocycles. The highest BCUT2D eigenvalue weighted by Gasteiger charge is 2.12. The van der Waals surface area contributed by atoms with Crippen LogP contribution in [-0.2, 0) is 9.53 Å². The van der Waals surface area contributed by atoms with E-state index in [1.54, 1.807) is 6.07 Å². The minimum absolute atomic E-state index is 0.0216. The molecule has 4 aromatic rings. The van der Waals surface area contributed by atoms with Gasteiger partial charge < -0.3 is 14.6 Å². The number of methoxy groups -OCH3 is 1. The number of para-hydroxylation sites is 1. The van der Waals surface area contributed by atoms with Crippen LogP contribution in [0.2, 0.25) is 0 Å². The Morgan fingerprint density at radius 1 is 1.00 bits per heavy atom. The molecule has 1 N–H and O–H groups in total. The van der Waals surface area contributed by atoms with Gasteiger partial charge in [-0.15, -0.1) is 0 Å². The number of fused-ring (bicyclic) bond motifs is 1. The van der Waals surface area contributed by atoms with E-state index in [-0.39, 0.29) is 11.9 Å². The Labute approximate surface area is 206 Å². The lowest BCUT2D eigenvalue weighted by atomic mass is 10.0. The van der Waals surface area contributed by atoms with Gasteiger partial charge in [-0.3, -0.25) is 4.79 Å². The van der Waals surface area contributed by atoms with Gasteiger partial charge in [0.25, 0.3) is 0 Å². The predicted octanol–water partition coefficient (Wildman–Crippen LogP) is 6.97. The molecule has 1 heterocycles. The number of allylic oxidation sites excluding steroid dienone is 1. The van der Waals surface area contributed by atoms with E-state index in [0.29, 0.717) is 24.3 Å². The van der Waals surface area contributed by atoms with Gasteiger partial charge in [0.2, 0.25) is 5.91 Å². The summed E-state index contributed by atoms with van der Waals surface area (Å²) in [6.07, 6.45) is 7.04. The maximum absolute atomic E-state index is 12.4. The lowest BCUT2D eigenvalue weighted by Crippen LogP contribution is -2.10. The zero-order valence-electron chi connectivity index (χ0n) is 20.3. The third kappa shape index (κ3) is 5.69. The second-order valence-corrected chi connectivity index (χ2v) is 8.78. The quantitative estimate of drug-likeness (QED) is 0.285. The topological polar surface area (TPSA) is 60.3 Å². The standard InChI is InChI=1S/C30H30N2O3/c1-21(2)22-13-16-25(17-14-22)31-29(33)12-8-7-9-24-20-32(26-10-5-4-6-11-26)28-18-15-23(19-27(24)28)30(34)35-3/h4-7,9-11,13-21H,8,12H2,1-3H3,(H,31,33)/b9-7+. The number of esters is 1. The number of nitrogens with one attached hydrogen (secondary N) is 1. The molecule has 0 bridgehead atoms. The third-order valence-electron chi connectivity index (χ3n) is 5.99. The van der Waals surface area contributed by atoms with Crippen LogP contribution in [0.3, 0.4) is 0 Å². The van der Waals surface area contributed by atoms with Crippen molar-refractivity contribution in [2.45, 2.75) is 32.6 Å². The first kappa shape index (κ1) is 24.0. The molecule has 0 radical (unpaired) electrons. The van der Waals surface area contributed by atoms with Crippen LogP contribution in [0.4, 0.5) is 5.69 Å². The van der Waals surface area contributed by atoms with Crippen LogP contribution in [-0.4, -0.2) is 23.6 Å². The number of nitrogens with zero attached hydrogens (tertiary/aromatic N) is 1. The molecule has 0 spiro atoms. The van der Waals surface area contributed by atoms with Gasteiger partial charge in [0.1, 0.15) is 0 Å². The van der Waals surface area contributed by atoms with Crippen molar-refractivity contribution in [1.29, 1.82) is 0 Å². The first-order chi connectivity index (χ1) is 17.0. The van der Waals surface area contributed by atoms with Crippen molar-refractivity contribution in [1.82, 2.24) is 4.57 Å². The number of benzene rings is 3. The van der Waals surface area contributed by atoms with Crippen LogP contribution in [0.25, 0.3) is 22.7 Å². The summed E-state index contributed by atoms with van der Waals surface area (Å²) in [5.74, 6) is 0.0699. The zero-order chi connectivity index (χ0) is 24.8. The van der Waals surface area contributed by atoms with E-state index in [0.717, 1.165) is 27.8 Å². The van der Waals surface area contributed by atoms with Crippen LogP contribution in [0.5, 0.6) is 0 Å². The van der Waals surface area contributed by atoms with Gasteiger partial charge in [0.05, 0.1) is 18.2 Å². The molecule has 4 rings (SSSR count). The van der Waals surface area contributed by atoms with Crippen molar-refractivity contribution in [2.75, 3.05) is 12.4 Å². The van der Waals surface area contributed by atoms with Crippen LogP contribution in [0.1, 0.15) is 54.1 Å². The fourth-order valence-corrected chi connectivity index (χ4v) is 4.03. The Bertz CT molecular complexity index is 1350. The second-order valence-electron chi connectivity index (χ2n) is 8.78. The summed E-state index contributed by atoms with van der Waals surface area (Å²) in [6.45, 7) is 4.29. The number of hydrogen-bond acceptors (Lipinski definition) is 3. The average molecular weight is 467 g/mol. The molecule has 0 fully saturated rings. The van der Waals surface area contributed by atoms with Gasteiger partial charge >= 0.3 is 5.97 Å². The molecule has 3 aromatic carbocycles. The van der Waals surface area contributed by atoms with Crippen molar-refractivity contribution < 1.29 is 14.3 Å². The summed E-state index contributed by atoms with van der Waals surface area (Å²) in [5.41, 5.74) is 5.56. The molecule has 1 amide bonds. The number of rotatable bonds is 8. The zero-order valence-corrected chi connectivity index (χ0v) is 20.3. The molecule has 0 atom stereocenters. The number of hydrogen-bond donors (Lipinski definition) is 1. The highest BCUT2D eigenvalue weighted by atomic mass is 16.5. The smallest absolute Gasteiger partial charge is 0.337 e. The lowest BCUT2D eigenvalue weighted by molar-refractivity contribution is -0.116. The first-order valence-electron chi connectivity index (χ1n) is 11.8. The van der Waals surface area contributed by atoms with Gasteiger partial charge in [-0.25, -0.2) is 4.79 Å². The lowest BCUT2D eigenvalue weighted by Gasteiger charge is -2.08. The third-order valence-corrected chi connectivity index (χ3v) is 5.99. The summed E-state index contributed by atoms with van der Waals surface area (Å²) in [5, 5.41) is 3.91. The SMILES string of the molecule is COC(=O)c1ccc2c(c1)c(/C=C/CCC(=O)Nc1ccc(C(C)C)cc1)cn2-c1ccccc1. The number of carbonyl (C=O) groups is 2. The Hall–Kier alpha value is -4.12. The molecule has 178 valence electrons. The van der Waals surface area contributed by atoms with Gasteiger partial charge in [-0.05, 0) is 60.4 Å². The number of ether oxygens (including phenoxy) is 1. The highest BCUT2D eigenvalue weighted by molar-refractivity contribution is 5.98. The van der Waals surface area contributed by atoms with Crippen LogP contribution in [0.15, 0.2) is 85.1 Å². The fourth-order valence-electron chi connectivity index (χ4n) is 4.03. The predicted molar refractivity (Wildman–Crippen MR) is 142 cm³/mol. The van der Waals surface area contributed by atoms with Crippen LogP contribution < -0.4 is 5.32 Å². The van der Waals surface area contributed by atoms with Crippen LogP contribution in [0, 0.1) is 0 Å². The van der Waals surface area contributed by atoms with E-state index < -0.39 is 0 Å². The Morgan fingerprint density at radius 2 is 1.74 bits per heavy atom. The second kappa shape index (κ2) is 10.9. The maximum Gasteiger partial charge on any atom is 0.337 e. The number of carbonyl (C=O) groups excluding carboxylic acids is 2. The van der Waals surface area contributed by atoms with E-state index >= 15 is 0 Å². The van der Waals surface area contributed by atoms with Crippen molar-refractivity contribution in [2.24, 2.45) is 0 Å². The van der Waals surface area contributed by atoms with E-state index in [9.17, 15) is 9.59 Å². The van der Waals surface area contributed by atoms with Crippen molar-refractivity contribution in [3.8, 4) is 5.69 Å². The summed E-state index contributed by atoms with van der Waals surface area (Å²) in [6, 6.07) is 23.6. The molecule has 0 saturated heterocycles. The van der Waals surface area contributed by atoms with E-state index in [4.69, 9.17) is 4.74 Å². The minimum atomic E-state index is -0.368. The molecule has 35 heavy (non-hydrogen) atoms. The molecule has 0 aliphatic rings. The first-order valence-corrected chi connectivity index (χ1v) is 11.8. The average Bonchev–Trinajstić information content (AvgIpc) is 3.24. The van der Waals surface area contributed by atoms with Crippen molar-refractivity contribution in [3.05, 3.63) is 102 Å². The van der Waals surface area contributed by atoms with Gasteiger partial charge in [0.15, 0.2) is 0 Å². The Kier molecular flexibility index (Phi) is 7.46. The highest BCUT2D eigenvalue weighted by Crippen LogP contribution is 2.28. The van der Waals surface area contributed by atoms with Gasteiger partial charge in [-0.1, -0.05) is 56.3 Å². The molecular formula is C30H30N2O3. The normalized spacial score (nSPS) is 11.3. The number of anilines is 1. The summed E-state index contributed by atoms with van der Waals surface area (Å²) >= 11 is 0. The molecule has 0 aliphatic carbocycles. The monoisotopic (exact) mass is 466 g/mol. The molecule has 0 unspecified atom stereocenters. The van der Waals surface area contributed by atoms with E-state index in [1.807, 2.05) is 85.1 Å². The van der Waals surface area contributed by atoms with Gasteiger partial charge in [-0.2, -0.15) is 0 Å². The van der Waals surface area contributed by atoms with Crippen LogP contribution >= 0.6 is 0 Å². The van der Waals surface area contributed by atoms with Crippen molar-refractivity contribution in [3.63, 3.8) is 0 Å². The van der Waals surface area contributed by atoms with Crippen molar-refractivity contribution >= 4 is 34.5 Å². The number of aromatic nitrogens is 1. The Balaban J connectivity index is 1.49. The summed E-state index contributed by atoms with van der Waals surface area (Å²) in [4.78, 5) is 24.5. The van der Waals surface area contributed by atoms with Gasteiger partial charge in [0, 0.05) is 34.9 Å². The minimum Gasteiger partial charge on any atom is -0.465 e. The summed E-state index contributed by atoms with van der Waals surface area (Å²) < 4.78 is 7.00. The Morgan fingerprint density at radius 3 is 2.43 bits per heavy atom. The molecule has 0 saturated carbocycles.